The monoisotopic (exact) mass is 595 g/mol. The minimum absolute atomic E-state index is 0.0405. The number of hydrogen-bond acceptors (Lipinski definition) is 4. The molecule has 3 aromatic carbocycles. The summed E-state index contributed by atoms with van der Waals surface area (Å²) in [6.07, 6.45) is 2.62. The van der Waals surface area contributed by atoms with Gasteiger partial charge in [0.15, 0.2) is 0 Å². The Labute approximate surface area is 250 Å². The lowest BCUT2D eigenvalue weighted by Gasteiger charge is -2.41. The summed E-state index contributed by atoms with van der Waals surface area (Å²) in [5, 5.41) is 6.73. The highest BCUT2D eigenvalue weighted by Crippen LogP contribution is 2.40. The molecule has 9 heteroatoms. The van der Waals surface area contributed by atoms with Crippen LogP contribution in [0.15, 0.2) is 54.6 Å². The standard InChI is InChI=1S/C33H36ClF2N3O3/c1-19-9-11-23(18-26(19)34)38-32(40)25-7-5-14-39(33(41)30-20(2)6-4-8-27(30)35)31(25)22-10-12-29(28(36)17-22)37-24-13-15-42-21(3)16-24/h4,6,8-12,17-18,21,24-25,31,37H,5,7,13-16H2,1-3H3,(H,38,40)/t21-,24?,25-,31-/m0/s1. The fraction of sp³-hybridized carbons (Fsp3) is 0.394. The fourth-order valence-electron chi connectivity index (χ4n) is 6.04. The van der Waals surface area contributed by atoms with Crippen LogP contribution < -0.4 is 10.6 Å². The largest absolute Gasteiger partial charge is 0.380 e. The molecule has 0 saturated carbocycles. The lowest BCUT2D eigenvalue weighted by Crippen LogP contribution is -2.46. The molecule has 2 aliphatic heterocycles. The predicted molar refractivity (Wildman–Crippen MR) is 161 cm³/mol. The minimum atomic E-state index is -0.808. The number of halogens is 3. The third-order valence-electron chi connectivity index (χ3n) is 8.28. The van der Waals surface area contributed by atoms with E-state index in [0.29, 0.717) is 53.5 Å². The summed E-state index contributed by atoms with van der Waals surface area (Å²) in [7, 11) is 0. The van der Waals surface area contributed by atoms with Gasteiger partial charge in [-0.15, -0.1) is 0 Å². The zero-order valence-corrected chi connectivity index (χ0v) is 24.8. The van der Waals surface area contributed by atoms with Crippen molar-refractivity contribution < 1.29 is 23.1 Å². The molecule has 5 rings (SSSR count). The third-order valence-corrected chi connectivity index (χ3v) is 8.69. The van der Waals surface area contributed by atoms with Gasteiger partial charge in [0, 0.05) is 29.9 Å². The van der Waals surface area contributed by atoms with E-state index in [1.807, 2.05) is 19.9 Å². The first kappa shape index (κ1) is 30.0. The molecule has 3 aromatic rings. The molecule has 2 amide bonds. The molecule has 2 fully saturated rings. The van der Waals surface area contributed by atoms with Crippen molar-refractivity contribution in [3.63, 3.8) is 0 Å². The van der Waals surface area contributed by atoms with Gasteiger partial charge in [-0.3, -0.25) is 9.59 Å². The molecular formula is C33H36ClF2N3O3. The second-order valence-electron chi connectivity index (χ2n) is 11.4. The smallest absolute Gasteiger partial charge is 0.257 e. The summed E-state index contributed by atoms with van der Waals surface area (Å²) in [6.45, 7) is 6.46. The quantitative estimate of drug-likeness (QED) is 0.311. The van der Waals surface area contributed by atoms with Crippen LogP contribution in [0.1, 0.15) is 65.7 Å². The number of likely N-dealkylation sites (tertiary alicyclic amines) is 1. The first-order chi connectivity index (χ1) is 20.1. The van der Waals surface area contributed by atoms with E-state index in [4.69, 9.17) is 16.3 Å². The number of amides is 2. The highest BCUT2D eigenvalue weighted by Gasteiger charge is 2.41. The number of ether oxygens (including phenoxy) is 1. The van der Waals surface area contributed by atoms with Gasteiger partial charge in [0.2, 0.25) is 5.91 Å². The van der Waals surface area contributed by atoms with Crippen molar-refractivity contribution in [2.75, 3.05) is 23.8 Å². The Kier molecular flexibility index (Phi) is 9.13. The molecule has 0 spiro atoms. The van der Waals surface area contributed by atoms with Crippen molar-refractivity contribution in [2.45, 2.75) is 64.6 Å². The molecule has 222 valence electrons. The summed E-state index contributed by atoms with van der Waals surface area (Å²) in [5.41, 5.74) is 2.69. The highest BCUT2D eigenvalue weighted by atomic mass is 35.5. The summed E-state index contributed by atoms with van der Waals surface area (Å²) < 4.78 is 36.2. The number of hydrogen-bond donors (Lipinski definition) is 2. The van der Waals surface area contributed by atoms with Crippen molar-refractivity contribution in [3.05, 3.63) is 93.5 Å². The van der Waals surface area contributed by atoms with E-state index >= 15 is 4.39 Å². The highest BCUT2D eigenvalue weighted by molar-refractivity contribution is 6.31. The van der Waals surface area contributed by atoms with E-state index < -0.39 is 29.5 Å². The Bertz CT molecular complexity index is 1460. The number of anilines is 2. The second kappa shape index (κ2) is 12.8. The number of piperidine rings is 1. The van der Waals surface area contributed by atoms with E-state index in [2.05, 4.69) is 10.6 Å². The molecule has 6 nitrogen and oxygen atoms in total. The first-order valence-electron chi connectivity index (χ1n) is 14.4. The lowest BCUT2D eigenvalue weighted by molar-refractivity contribution is -0.123. The first-order valence-corrected chi connectivity index (χ1v) is 14.8. The normalized spacial score (nSPS) is 22.5. The zero-order chi connectivity index (χ0) is 30.0. The van der Waals surface area contributed by atoms with Crippen LogP contribution in [0.2, 0.25) is 5.02 Å². The van der Waals surface area contributed by atoms with E-state index in [0.717, 1.165) is 18.4 Å². The van der Waals surface area contributed by atoms with Gasteiger partial charge in [-0.2, -0.15) is 0 Å². The van der Waals surface area contributed by atoms with Gasteiger partial charge in [0.1, 0.15) is 11.6 Å². The van der Waals surface area contributed by atoms with Crippen LogP contribution >= 0.6 is 11.6 Å². The molecule has 0 bridgehead atoms. The van der Waals surface area contributed by atoms with Crippen LogP contribution in [0.3, 0.4) is 0 Å². The van der Waals surface area contributed by atoms with Gasteiger partial charge < -0.3 is 20.3 Å². The van der Waals surface area contributed by atoms with Crippen molar-refractivity contribution >= 4 is 34.8 Å². The average Bonchev–Trinajstić information content (AvgIpc) is 2.95. The number of nitrogens with one attached hydrogen (secondary N) is 2. The van der Waals surface area contributed by atoms with Crippen LogP contribution in [0.5, 0.6) is 0 Å². The number of benzene rings is 3. The lowest BCUT2D eigenvalue weighted by atomic mass is 9.83. The van der Waals surface area contributed by atoms with Gasteiger partial charge >= 0.3 is 0 Å². The van der Waals surface area contributed by atoms with Crippen LogP contribution in [-0.2, 0) is 9.53 Å². The van der Waals surface area contributed by atoms with Crippen molar-refractivity contribution in [3.8, 4) is 0 Å². The van der Waals surface area contributed by atoms with E-state index in [9.17, 15) is 14.0 Å². The third kappa shape index (κ3) is 6.45. The summed E-state index contributed by atoms with van der Waals surface area (Å²) in [4.78, 5) is 29.2. The van der Waals surface area contributed by atoms with Gasteiger partial charge in [0.25, 0.3) is 5.91 Å². The molecule has 2 aliphatic rings. The number of rotatable bonds is 6. The average molecular weight is 596 g/mol. The molecule has 4 atom stereocenters. The van der Waals surface area contributed by atoms with Crippen LogP contribution in [0, 0.1) is 31.4 Å². The number of carbonyl (C=O) groups excluding carboxylic acids is 2. The molecular weight excluding hydrogens is 560 g/mol. The van der Waals surface area contributed by atoms with Gasteiger partial charge in [0.05, 0.1) is 29.3 Å². The predicted octanol–water partition coefficient (Wildman–Crippen LogP) is 7.45. The number of carbonyl (C=O) groups is 2. The SMILES string of the molecule is Cc1ccc(NC(=O)[C@H]2CCCN(C(=O)c3c(C)cccc3F)[C@H]2c2ccc(NC3CCO[C@@H](C)C3)c(F)c2)cc1Cl. The molecule has 1 unspecified atom stereocenters. The van der Waals surface area contributed by atoms with E-state index in [1.54, 1.807) is 43.3 Å². The van der Waals surface area contributed by atoms with Gasteiger partial charge in [-0.25, -0.2) is 8.78 Å². The zero-order valence-electron chi connectivity index (χ0n) is 24.1. The second-order valence-corrected chi connectivity index (χ2v) is 11.8. The Morgan fingerprint density at radius 2 is 1.81 bits per heavy atom. The Morgan fingerprint density at radius 1 is 1.00 bits per heavy atom. The van der Waals surface area contributed by atoms with E-state index in [1.165, 1.54) is 17.0 Å². The van der Waals surface area contributed by atoms with Crippen molar-refractivity contribution in [1.29, 1.82) is 0 Å². The maximum absolute atomic E-state index is 15.6. The molecule has 2 heterocycles. The van der Waals surface area contributed by atoms with E-state index in [-0.39, 0.29) is 23.6 Å². The molecule has 0 aliphatic carbocycles. The molecule has 0 aromatic heterocycles. The summed E-state index contributed by atoms with van der Waals surface area (Å²) >= 11 is 6.29. The Hall–Kier alpha value is -3.49. The maximum Gasteiger partial charge on any atom is 0.257 e. The van der Waals surface area contributed by atoms with Crippen LogP contribution in [0.4, 0.5) is 20.2 Å². The van der Waals surface area contributed by atoms with Gasteiger partial charge in [-0.05, 0) is 93.5 Å². The Balaban J connectivity index is 1.49. The maximum atomic E-state index is 15.6. The van der Waals surface area contributed by atoms with Crippen molar-refractivity contribution in [1.82, 2.24) is 4.90 Å². The number of aryl methyl sites for hydroxylation is 2. The fourth-order valence-corrected chi connectivity index (χ4v) is 6.22. The molecule has 0 radical (unpaired) electrons. The van der Waals surface area contributed by atoms with Crippen LogP contribution in [0.25, 0.3) is 0 Å². The molecule has 42 heavy (non-hydrogen) atoms. The summed E-state index contributed by atoms with van der Waals surface area (Å²) in [6, 6.07) is 13.8. The van der Waals surface area contributed by atoms with Gasteiger partial charge in [-0.1, -0.05) is 35.9 Å². The van der Waals surface area contributed by atoms with Crippen molar-refractivity contribution in [2.24, 2.45) is 5.92 Å². The Morgan fingerprint density at radius 3 is 2.52 bits per heavy atom. The number of nitrogens with zero attached hydrogens (tertiary/aromatic N) is 1. The molecule has 2 saturated heterocycles. The topological polar surface area (TPSA) is 70.7 Å². The minimum Gasteiger partial charge on any atom is -0.380 e. The van der Waals surface area contributed by atoms with Crippen LogP contribution in [-0.4, -0.2) is 42.0 Å². The summed E-state index contributed by atoms with van der Waals surface area (Å²) in [5.74, 6) is -2.65. The molecule has 2 N–H and O–H groups in total.